The van der Waals surface area contributed by atoms with E-state index in [-0.39, 0.29) is 24.2 Å². The summed E-state index contributed by atoms with van der Waals surface area (Å²) >= 11 is 0. The van der Waals surface area contributed by atoms with Gasteiger partial charge in [-0.3, -0.25) is 9.59 Å². The lowest BCUT2D eigenvalue weighted by Gasteiger charge is -2.22. The molecule has 5 nitrogen and oxygen atoms in total. The summed E-state index contributed by atoms with van der Waals surface area (Å²) in [5, 5.41) is 6.27. The first-order valence-corrected chi connectivity index (χ1v) is 9.57. The summed E-state index contributed by atoms with van der Waals surface area (Å²) in [4.78, 5) is 26.6. The zero-order valence-corrected chi connectivity index (χ0v) is 17.0. The topological polar surface area (TPSA) is 61.4 Å². The second-order valence-electron chi connectivity index (χ2n) is 7.06. The van der Waals surface area contributed by atoms with Crippen LogP contribution in [0.5, 0.6) is 0 Å². The Labute approximate surface area is 172 Å². The molecule has 2 amide bonds. The quantitative estimate of drug-likeness (QED) is 0.765. The van der Waals surface area contributed by atoms with Crippen LogP contribution in [0.1, 0.15) is 36.0 Å². The second kappa shape index (κ2) is 10.8. The second-order valence-corrected chi connectivity index (χ2v) is 7.06. The van der Waals surface area contributed by atoms with Gasteiger partial charge in [-0.2, -0.15) is 0 Å². The summed E-state index contributed by atoms with van der Waals surface area (Å²) < 4.78 is 0. The van der Waals surface area contributed by atoms with Gasteiger partial charge in [0.25, 0.3) is 5.91 Å². The summed E-state index contributed by atoms with van der Waals surface area (Å²) in [6, 6.07) is 16.6. The van der Waals surface area contributed by atoms with E-state index in [1.165, 1.54) is 0 Å². The summed E-state index contributed by atoms with van der Waals surface area (Å²) in [5.74, 6) is 0.533. The van der Waals surface area contributed by atoms with Gasteiger partial charge in [0.15, 0.2) is 0 Å². The average Bonchev–Trinajstić information content (AvgIpc) is 2.73. The summed E-state index contributed by atoms with van der Waals surface area (Å²) in [6.45, 7) is 2.09. The van der Waals surface area contributed by atoms with Crippen LogP contribution in [0.3, 0.4) is 0 Å². The fourth-order valence-electron chi connectivity index (χ4n) is 3.42. The predicted molar refractivity (Wildman–Crippen MR) is 116 cm³/mol. The number of benzene rings is 2. The Morgan fingerprint density at radius 3 is 2.50 bits per heavy atom. The van der Waals surface area contributed by atoms with E-state index < -0.39 is 0 Å². The van der Waals surface area contributed by atoms with Crippen molar-refractivity contribution in [3.63, 3.8) is 0 Å². The van der Waals surface area contributed by atoms with E-state index in [9.17, 15) is 9.59 Å². The Morgan fingerprint density at radius 1 is 1.07 bits per heavy atom. The van der Waals surface area contributed by atoms with Gasteiger partial charge >= 0.3 is 0 Å². The van der Waals surface area contributed by atoms with Crippen molar-refractivity contribution in [2.24, 2.45) is 5.92 Å². The molecule has 2 N–H and O–H groups in total. The van der Waals surface area contributed by atoms with Gasteiger partial charge in [0, 0.05) is 30.4 Å². The molecule has 0 unspecified atom stereocenters. The van der Waals surface area contributed by atoms with Crippen molar-refractivity contribution < 1.29 is 9.59 Å². The highest BCUT2D eigenvalue weighted by molar-refractivity contribution is 6.06. The van der Waals surface area contributed by atoms with Gasteiger partial charge in [-0.25, -0.2) is 0 Å². The average molecular weight is 402 g/mol. The maximum atomic E-state index is 12.7. The Hall–Kier alpha value is -2.37. The van der Waals surface area contributed by atoms with Crippen molar-refractivity contribution in [1.82, 2.24) is 5.32 Å². The lowest BCUT2D eigenvalue weighted by Crippen LogP contribution is -2.28. The molecule has 6 heteroatoms. The largest absolute Gasteiger partial charge is 0.326 e. The first-order valence-electron chi connectivity index (χ1n) is 9.57. The number of nitrogens with one attached hydrogen (secondary N) is 2. The number of halogens is 1. The number of rotatable bonds is 6. The smallest absolute Gasteiger partial charge is 0.258 e. The third kappa shape index (κ3) is 6.08. The molecule has 28 heavy (non-hydrogen) atoms. The van der Waals surface area contributed by atoms with Crippen molar-refractivity contribution in [2.75, 3.05) is 30.4 Å². The minimum absolute atomic E-state index is 0. The molecule has 2 aromatic rings. The number of amides is 2. The van der Waals surface area contributed by atoms with Crippen molar-refractivity contribution >= 4 is 35.6 Å². The molecule has 0 aromatic heterocycles. The zero-order valence-electron chi connectivity index (χ0n) is 16.2. The summed E-state index contributed by atoms with van der Waals surface area (Å²) in [5.41, 5.74) is 2.05. The van der Waals surface area contributed by atoms with E-state index in [0.29, 0.717) is 23.6 Å². The van der Waals surface area contributed by atoms with Gasteiger partial charge in [0.05, 0.1) is 0 Å². The molecular formula is C22H28ClN3O2. The van der Waals surface area contributed by atoms with Crippen LogP contribution in [0.15, 0.2) is 54.6 Å². The highest BCUT2D eigenvalue weighted by Gasteiger charge is 2.16. The molecule has 0 saturated carbocycles. The molecule has 0 aliphatic carbocycles. The number of hydrogen-bond donors (Lipinski definition) is 2. The Balaban J connectivity index is 0.00000280. The molecule has 2 aromatic carbocycles. The Kier molecular flexibility index (Phi) is 8.48. The van der Waals surface area contributed by atoms with E-state index in [1.54, 1.807) is 30.1 Å². The van der Waals surface area contributed by atoms with Crippen LogP contribution in [0, 0.1) is 5.92 Å². The van der Waals surface area contributed by atoms with Gasteiger partial charge in [-0.05, 0) is 68.6 Å². The van der Waals surface area contributed by atoms with Crippen LogP contribution < -0.4 is 15.5 Å². The summed E-state index contributed by atoms with van der Waals surface area (Å²) in [6.07, 6.45) is 3.72. The van der Waals surface area contributed by atoms with Gasteiger partial charge in [-0.1, -0.05) is 24.3 Å². The van der Waals surface area contributed by atoms with Crippen LogP contribution in [0.25, 0.3) is 0 Å². The third-order valence-electron chi connectivity index (χ3n) is 5.08. The third-order valence-corrected chi connectivity index (χ3v) is 5.08. The number of para-hydroxylation sites is 1. The molecule has 1 aliphatic heterocycles. The first kappa shape index (κ1) is 21.9. The van der Waals surface area contributed by atoms with Crippen LogP contribution >= 0.6 is 12.4 Å². The highest BCUT2D eigenvalue weighted by Crippen LogP contribution is 2.20. The van der Waals surface area contributed by atoms with E-state index in [1.807, 2.05) is 36.4 Å². The molecular weight excluding hydrogens is 374 g/mol. The number of hydrogen-bond acceptors (Lipinski definition) is 3. The predicted octanol–water partition coefficient (Wildman–Crippen LogP) is 4.10. The summed E-state index contributed by atoms with van der Waals surface area (Å²) in [7, 11) is 1.75. The van der Waals surface area contributed by atoms with E-state index in [0.717, 1.165) is 38.0 Å². The molecule has 1 aliphatic rings. The fraction of sp³-hybridized carbons (Fsp3) is 0.364. The minimum atomic E-state index is -0.105. The van der Waals surface area contributed by atoms with Crippen molar-refractivity contribution in [3.8, 4) is 0 Å². The Morgan fingerprint density at radius 2 is 1.79 bits per heavy atom. The molecule has 1 heterocycles. The number of nitrogens with zero attached hydrogens (tertiary/aromatic N) is 1. The highest BCUT2D eigenvalue weighted by atomic mass is 35.5. The van der Waals surface area contributed by atoms with Crippen LogP contribution in [-0.2, 0) is 4.79 Å². The van der Waals surface area contributed by atoms with Gasteiger partial charge < -0.3 is 15.5 Å². The first-order chi connectivity index (χ1) is 13.1. The maximum Gasteiger partial charge on any atom is 0.258 e. The van der Waals surface area contributed by atoms with Crippen LogP contribution in [0.2, 0.25) is 0 Å². The molecule has 150 valence electrons. The van der Waals surface area contributed by atoms with Crippen molar-refractivity contribution in [3.05, 3.63) is 60.2 Å². The number of carbonyl (C=O) groups excluding carboxylic acids is 2. The lowest BCUT2D eigenvalue weighted by molar-refractivity contribution is -0.116. The molecule has 1 fully saturated rings. The van der Waals surface area contributed by atoms with Crippen molar-refractivity contribution in [1.29, 1.82) is 0 Å². The van der Waals surface area contributed by atoms with Crippen LogP contribution in [-0.4, -0.2) is 32.0 Å². The van der Waals surface area contributed by atoms with E-state index in [2.05, 4.69) is 10.6 Å². The van der Waals surface area contributed by atoms with E-state index >= 15 is 0 Å². The molecule has 1 saturated heterocycles. The molecule has 0 atom stereocenters. The lowest BCUT2D eigenvalue weighted by atomic mass is 9.93. The normalized spacial score (nSPS) is 14.0. The number of anilines is 2. The van der Waals surface area contributed by atoms with Gasteiger partial charge in [0.1, 0.15) is 0 Å². The van der Waals surface area contributed by atoms with Crippen molar-refractivity contribution in [2.45, 2.75) is 25.7 Å². The molecule has 0 radical (unpaired) electrons. The monoisotopic (exact) mass is 401 g/mol. The van der Waals surface area contributed by atoms with Crippen LogP contribution in [0.4, 0.5) is 11.4 Å². The number of carbonyl (C=O) groups is 2. The zero-order chi connectivity index (χ0) is 19.1. The Bertz CT molecular complexity index is 776. The number of piperidine rings is 1. The molecule has 0 bridgehead atoms. The minimum Gasteiger partial charge on any atom is -0.326 e. The fourth-order valence-corrected chi connectivity index (χ4v) is 3.42. The molecule has 3 rings (SSSR count). The standard InChI is InChI=1S/C22H27N3O2.ClH/c1-25(20-8-3-2-4-9-20)22(27)18-6-5-7-19(16-18)24-21(26)11-10-17-12-14-23-15-13-17;/h2-9,16-17,23H,10-15H2,1H3,(H,24,26);1H. The van der Waals surface area contributed by atoms with Gasteiger partial charge in [-0.15, -0.1) is 12.4 Å². The van der Waals surface area contributed by atoms with Gasteiger partial charge in [0.2, 0.25) is 5.91 Å². The SMILES string of the molecule is CN(C(=O)c1cccc(NC(=O)CCC2CCNCC2)c1)c1ccccc1.Cl. The maximum absolute atomic E-state index is 12.7. The molecule has 0 spiro atoms. The van der Waals surface area contributed by atoms with E-state index in [4.69, 9.17) is 0 Å².